The molecule has 0 aliphatic rings. The first-order valence-electron chi connectivity index (χ1n) is 15.3. The van der Waals surface area contributed by atoms with E-state index in [-0.39, 0.29) is 89.7 Å². The van der Waals surface area contributed by atoms with Gasteiger partial charge in [0.05, 0.1) is 35.8 Å². The number of aromatic carboxylic acids is 6. The average Bonchev–Trinajstić information content (AvgIpc) is 3.05. The Balaban J connectivity index is -0.000000141. The largest absolute Gasteiger partial charge is 2.00 e. The number of rotatable bonds is 16. The number of hydrogen-bond donors (Lipinski definition) is 0. The fourth-order valence-electron chi connectivity index (χ4n) is 3.91. The first kappa shape index (κ1) is 62.7. The van der Waals surface area contributed by atoms with Gasteiger partial charge in [0.2, 0.25) is 0 Å². The zero-order valence-corrected chi connectivity index (χ0v) is 42.5. The van der Waals surface area contributed by atoms with Gasteiger partial charge in [0.1, 0.15) is 0 Å². The summed E-state index contributed by atoms with van der Waals surface area (Å²) < 4.78 is 0. The Morgan fingerprint density at radius 2 is 0.685 bits per heavy atom. The summed E-state index contributed by atoms with van der Waals surface area (Å²) in [7, 11) is 0. The minimum absolute atomic E-state index is 0. The molecule has 0 spiro atoms. The quantitative estimate of drug-likeness (QED) is 0.143. The van der Waals surface area contributed by atoms with Crippen molar-refractivity contribution in [1.29, 1.82) is 0 Å². The predicted molar refractivity (Wildman–Crippen MR) is 155 cm³/mol. The van der Waals surface area contributed by atoms with E-state index in [0.717, 1.165) is 62.8 Å². The zero-order valence-electron chi connectivity index (χ0n) is 30.6. The number of aliphatic carboxylic acids is 2. The Morgan fingerprint density at radius 1 is 0.426 bits per heavy atom. The maximum atomic E-state index is 10.5. The molecule has 0 amide bonds. The number of carbonyl (C=O) groups is 8. The van der Waals surface area contributed by atoms with Gasteiger partial charge in [0, 0.05) is 34.2 Å². The van der Waals surface area contributed by atoms with Crippen LogP contribution in [0.25, 0.3) is 0 Å². The van der Waals surface area contributed by atoms with Crippen LogP contribution >= 0.6 is 0 Å². The standard InChI is InChI=1S/2C9H6O6.2C8H16O2.4Zn/c2*10-7(11)4-1-2-5(8(12)13)6(3-4)9(14)15;2*1-3-5-6-7(4-2)8(9)10;;;;/h2*1-3H,(H,10,11)(H,12,13)(H,14,15);2*7H,3-6H2,1-2H3,(H,9,10);;;;/q;;;;4*+2/p-8. The third-order valence-corrected chi connectivity index (χ3v) is 6.85. The van der Waals surface area contributed by atoms with Gasteiger partial charge in [0.15, 0.2) is 0 Å². The van der Waals surface area contributed by atoms with E-state index in [4.69, 9.17) is 0 Å². The summed E-state index contributed by atoms with van der Waals surface area (Å²) in [5, 5.41) is 83.2. The molecular weight excluding hydrogens is 926 g/mol. The maximum Gasteiger partial charge on any atom is 2.00 e. The van der Waals surface area contributed by atoms with E-state index in [9.17, 15) is 79.2 Å². The molecule has 0 aliphatic heterocycles. The fraction of sp³-hybridized carbons (Fsp3) is 0.412. The van der Waals surface area contributed by atoms with Crippen LogP contribution in [0.5, 0.6) is 0 Å². The van der Waals surface area contributed by atoms with Gasteiger partial charge in [-0.25, -0.2) is 0 Å². The number of carbonyl (C=O) groups excluding carboxylic acids is 8. The van der Waals surface area contributed by atoms with Crippen LogP contribution in [0.1, 0.15) is 141 Å². The molecule has 54 heavy (non-hydrogen) atoms. The Labute approximate surface area is 363 Å². The minimum Gasteiger partial charge on any atom is -0.550 e. The SMILES string of the molecule is CCCCC(CC)C(=O)[O-].CCCCC(CC)C(=O)[O-].O=C([O-])c1ccc(C(=O)[O-])c(C(=O)[O-])c1.O=C([O-])c1ccc(C(=O)[O-])c(C(=O)[O-])c1.[Zn+2].[Zn+2].[Zn+2].[Zn+2]. The molecule has 0 heterocycles. The molecule has 276 valence electrons. The summed E-state index contributed by atoms with van der Waals surface area (Å²) in [6.07, 6.45) is 7.04. The van der Waals surface area contributed by atoms with Gasteiger partial charge in [-0.05, 0) is 60.8 Å². The van der Waals surface area contributed by atoms with Crippen LogP contribution in [0.15, 0.2) is 36.4 Å². The average molecular weight is 962 g/mol. The van der Waals surface area contributed by atoms with E-state index >= 15 is 0 Å². The monoisotopic (exact) mass is 956 g/mol. The maximum absolute atomic E-state index is 10.5. The van der Waals surface area contributed by atoms with Gasteiger partial charge in [-0.15, -0.1) is 0 Å². The van der Waals surface area contributed by atoms with E-state index < -0.39 is 81.1 Å². The Morgan fingerprint density at radius 3 is 0.852 bits per heavy atom. The fourth-order valence-corrected chi connectivity index (χ4v) is 3.91. The van der Waals surface area contributed by atoms with Crippen LogP contribution < -0.4 is 40.9 Å². The molecule has 0 aromatic heterocycles. The Kier molecular flexibility index (Phi) is 39.7. The molecule has 0 saturated carbocycles. The topological polar surface area (TPSA) is 321 Å². The molecule has 0 fully saturated rings. The van der Waals surface area contributed by atoms with Crippen molar-refractivity contribution in [3.8, 4) is 0 Å². The van der Waals surface area contributed by atoms with E-state index in [1.807, 2.05) is 13.8 Å². The van der Waals surface area contributed by atoms with Crippen molar-refractivity contribution in [2.24, 2.45) is 11.8 Å². The van der Waals surface area contributed by atoms with Crippen LogP contribution in [0.4, 0.5) is 0 Å². The number of benzene rings is 2. The van der Waals surface area contributed by atoms with Gasteiger partial charge in [-0.2, -0.15) is 0 Å². The second-order valence-electron chi connectivity index (χ2n) is 10.4. The molecule has 0 aliphatic carbocycles. The second-order valence-corrected chi connectivity index (χ2v) is 10.4. The van der Waals surface area contributed by atoms with Crippen molar-refractivity contribution in [2.45, 2.75) is 79.1 Å². The van der Waals surface area contributed by atoms with Crippen LogP contribution in [0.2, 0.25) is 0 Å². The molecule has 0 saturated heterocycles. The minimum atomic E-state index is -1.79. The van der Waals surface area contributed by atoms with Crippen LogP contribution in [0.3, 0.4) is 0 Å². The van der Waals surface area contributed by atoms with Gasteiger partial charge in [-0.3, -0.25) is 0 Å². The molecule has 2 aromatic rings. The molecule has 2 unspecified atom stereocenters. The second kappa shape index (κ2) is 34.2. The van der Waals surface area contributed by atoms with E-state index in [2.05, 4.69) is 13.8 Å². The van der Waals surface area contributed by atoms with Crippen molar-refractivity contribution in [1.82, 2.24) is 0 Å². The van der Waals surface area contributed by atoms with E-state index in [0.29, 0.717) is 25.0 Å². The normalized spacial score (nSPS) is 10.1. The van der Waals surface area contributed by atoms with Crippen molar-refractivity contribution < 1.29 is 157 Å². The molecule has 2 atom stereocenters. The molecule has 16 nitrogen and oxygen atoms in total. The molecule has 2 rings (SSSR count). The van der Waals surface area contributed by atoms with Crippen molar-refractivity contribution in [3.05, 3.63) is 69.8 Å². The smallest absolute Gasteiger partial charge is 0.550 e. The molecule has 0 radical (unpaired) electrons. The van der Waals surface area contributed by atoms with Crippen molar-refractivity contribution in [3.63, 3.8) is 0 Å². The van der Waals surface area contributed by atoms with Gasteiger partial charge >= 0.3 is 77.9 Å². The third kappa shape index (κ3) is 24.9. The van der Waals surface area contributed by atoms with E-state index in [1.165, 1.54) is 0 Å². The Bertz CT molecular complexity index is 1400. The van der Waals surface area contributed by atoms with Crippen LogP contribution in [0, 0.1) is 11.8 Å². The number of carboxylic acid groups (broad SMARTS) is 8. The summed E-state index contributed by atoms with van der Waals surface area (Å²) in [4.78, 5) is 83.2. The van der Waals surface area contributed by atoms with Gasteiger partial charge in [0.25, 0.3) is 0 Å². The number of unbranched alkanes of at least 4 members (excludes halogenated alkanes) is 2. The van der Waals surface area contributed by atoms with Gasteiger partial charge in [-0.1, -0.05) is 77.6 Å². The molecule has 0 N–H and O–H groups in total. The van der Waals surface area contributed by atoms with Gasteiger partial charge < -0.3 is 79.2 Å². The number of hydrogen-bond acceptors (Lipinski definition) is 16. The van der Waals surface area contributed by atoms with Crippen LogP contribution in [-0.2, 0) is 87.5 Å². The summed E-state index contributed by atoms with van der Waals surface area (Å²) in [5.41, 5.74) is -3.67. The summed E-state index contributed by atoms with van der Waals surface area (Å²) in [5.74, 6) is -12.5. The Hall–Kier alpha value is -3.31. The summed E-state index contributed by atoms with van der Waals surface area (Å²) in [6, 6.07) is 4.74. The first-order valence-corrected chi connectivity index (χ1v) is 15.3. The molecule has 20 heteroatoms. The molecular formula is C34H36O16Zn4. The van der Waals surface area contributed by atoms with Crippen LogP contribution in [-0.4, -0.2) is 47.8 Å². The molecule has 0 bridgehead atoms. The van der Waals surface area contributed by atoms with Crippen molar-refractivity contribution >= 4 is 47.8 Å². The number of carboxylic acids is 8. The van der Waals surface area contributed by atoms with Crippen molar-refractivity contribution in [2.75, 3.05) is 0 Å². The summed E-state index contributed by atoms with van der Waals surface area (Å²) in [6.45, 7) is 7.89. The summed E-state index contributed by atoms with van der Waals surface area (Å²) >= 11 is 0. The van der Waals surface area contributed by atoms with E-state index in [1.54, 1.807) is 0 Å². The molecule has 2 aromatic carbocycles. The third-order valence-electron chi connectivity index (χ3n) is 6.85. The first-order chi connectivity index (χ1) is 23.3. The predicted octanol–water partition coefficient (Wildman–Crippen LogP) is -4.55. The zero-order chi connectivity index (χ0) is 39.1.